The summed E-state index contributed by atoms with van der Waals surface area (Å²) in [4.78, 5) is 4.44. The maximum absolute atomic E-state index is 12.9. The normalized spacial score (nSPS) is 21.3. The Morgan fingerprint density at radius 1 is 1.50 bits per heavy atom. The number of rotatable bonds is 2. The van der Waals surface area contributed by atoms with Gasteiger partial charge in [0.25, 0.3) is 0 Å². The largest absolute Gasteiger partial charge is 0.397 e. The maximum Gasteiger partial charge on any atom is 0.125 e. The van der Waals surface area contributed by atoms with Gasteiger partial charge in [-0.3, -0.25) is 0 Å². The summed E-state index contributed by atoms with van der Waals surface area (Å²) in [6, 6.07) is 5.06. The highest BCUT2D eigenvalue weighted by Gasteiger charge is 2.24. The lowest BCUT2D eigenvalue weighted by Gasteiger charge is -2.27. The Balaban J connectivity index is 2.17. The number of anilines is 2. The summed E-state index contributed by atoms with van der Waals surface area (Å²) in [7, 11) is 4.13. The van der Waals surface area contributed by atoms with Gasteiger partial charge in [0.05, 0.1) is 11.4 Å². The first-order chi connectivity index (χ1) is 7.58. The first-order valence-electron chi connectivity index (χ1n) is 5.54. The zero-order chi connectivity index (χ0) is 11.7. The molecular weight excluding hydrogens is 205 g/mol. The van der Waals surface area contributed by atoms with Crippen LogP contribution in [0.1, 0.15) is 6.42 Å². The zero-order valence-corrected chi connectivity index (χ0v) is 9.78. The molecule has 16 heavy (non-hydrogen) atoms. The molecule has 1 atom stereocenters. The van der Waals surface area contributed by atoms with Crippen molar-refractivity contribution in [3.63, 3.8) is 0 Å². The van der Waals surface area contributed by atoms with Crippen LogP contribution in [0.3, 0.4) is 0 Å². The third-order valence-corrected chi connectivity index (χ3v) is 3.28. The number of benzene rings is 1. The summed E-state index contributed by atoms with van der Waals surface area (Å²) in [5.74, 6) is -0.279. The van der Waals surface area contributed by atoms with Crippen LogP contribution < -0.4 is 10.6 Å². The molecule has 0 aromatic heterocycles. The van der Waals surface area contributed by atoms with E-state index in [2.05, 4.69) is 16.8 Å². The van der Waals surface area contributed by atoms with Crippen LogP contribution in [0.4, 0.5) is 15.8 Å². The third kappa shape index (κ3) is 2.11. The average Bonchev–Trinajstić information content (AvgIpc) is 2.64. The minimum atomic E-state index is -0.279. The maximum atomic E-state index is 12.9. The van der Waals surface area contributed by atoms with Crippen molar-refractivity contribution in [2.24, 2.45) is 0 Å². The summed E-state index contributed by atoms with van der Waals surface area (Å²) < 4.78 is 12.9. The average molecular weight is 223 g/mol. The van der Waals surface area contributed by atoms with E-state index in [1.807, 2.05) is 7.05 Å². The van der Waals surface area contributed by atoms with E-state index in [1.54, 1.807) is 6.07 Å². The quantitative estimate of drug-likeness (QED) is 0.772. The fourth-order valence-corrected chi connectivity index (χ4v) is 2.27. The number of nitrogen functional groups attached to an aromatic ring is 1. The van der Waals surface area contributed by atoms with E-state index in [4.69, 9.17) is 5.73 Å². The van der Waals surface area contributed by atoms with Crippen LogP contribution in [0.5, 0.6) is 0 Å². The van der Waals surface area contributed by atoms with Gasteiger partial charge in [-0.1, -0.05) is 0 Å². The molecular formula is C12H18FN3. The van der Waals surface area contributed by atoms with E-state index in [-0.39, 0.29) is 5.82 Å². The lowest BCUT2D eigenvalue weighted by molar-refractivity contribution is 0.409. The summed E-state index contributed by atoms with van der Waals surface area (Å²) in [5.41, 5.74) is 7.26. The predicted molar refractivity (Wildman–Crippen MR) is 65.1 cm³/mol. The Morgan fingerprint density at radius 3 is 2.81 bits per heavy atom. The van der Waals surface area contributed by atoms with Crippen molar-refractivity contribution < 1.29 is 4.39 Å². The second-order valence-corrected chi connectivity index (χ2v) is 4.52. The van der Waals surface area contributed by atoms with Gasteiger partial charge >= 0.3 is 0 Å². The Bertz CT molecular complexity index is 381. The fourth-order valence-electron chi connectivity index (χ4n) is 2.27. The molecule has 2 N–H and O–H groups in total. The molecule has 1 aliphatic rings. The highest BCUT2D eigenvalue weighted by molar-refractivity contribution is 5.67. The molecule has 2 rings (SSSR count). The first-order valence-corrected chi connectivity index (χ1v) is 5.54. The molecule has 0 bridgehead atoms. The van der Waals surface area contributed by atoms with Gasteiger partial charge < -0.3 is 15.5 Å². The van der Waals surface area contributed by atoms with E-state index < -0.39 is 0 Å². The molecule has 88 valence electrons. The second-order valence-electron chi connectivity index (χ2n) is 4.52. The van der Waals surface area contributed by atoms with Crippen molar-refractivity contribution in [3.05, 3.63) is 24.0 Å². The van der Waals surface area contributed by atoms with E-state index in [9.17, 15) is 4.39 Å². The van der Waals surface area contributed by atoms with Gasteiger partial charge in [-0.05, 0) is 38.2 Å². The second kappa shape index (κ2) is 4.29. The van der Waals surface area contributed by atoms with Crippen LogP contribution in [-0.4, -0.2) is 38.1 Å². The molecule has 1 unspecified atom stereocenters. The molecule has 1 saturated heterocycles. The van der Waals surface area contributed by atoms with Crippen molar-refractivity contribution in [1.82, 2.24) is 4.90 Å². The van der Waals surface area contributed by atoms with Crippen LogP contribution in [-0.2, 0) is 0 Å². The molecule has 0 radical (unpaired) electrons. The van der Waals surface area contributed by atoms with Gasteiger partial charge in [0, 0.05) is 19.6 Å². The molecule has 3 nitrogen and oxygen atoms in total. The van der Waals surface area contributed by atoms with Crippen LogP contribution in [0.2, 0.25) is 0 Å². The van der Waals surface area contributed by atoms with Gasteiger partial charge in [-0.25, -0.2) is 4.39 Å². The van der Waals surface area contributed by atoms with Gasteiger partial charge in [-0.2, -0.15) is 0 Å². The Hall–Kier alpha value is -1.29. The SMILES string of the molecule is CN1CCC(N(C)c2ccc(F)cc2N)C1. The lowest BCUT2D eigenvalue weighted by atomic mass is 10.2. The van der Waals surface area contributed by atoms with Crippen molar-refractivity contribution in [1.29, 1.82) is 0 Å². The number of likely N-dealkylation sites (tertiary alicyclic amines) is 1. The molecule has 1 aromatic carbocycles. The zero-order valence-electron chi connectivity index (χ0n) is 9.78. The lowest BCUT2D eigenvalue weighted by Crippen LogP contribution is -2.34. The van der Waals surface area contributed by atoms with Crippen molar-refractivity contribution in [3.8, 4) is 0 Å². The smallest absolute Gasteiger partial charge is 0.125 e. The molecule has 4 heteroatoms. The number of hydrogen-bond donors (Lipinski definition) is 1. The molecule has 0 amide bonds. The van der Waals surface area contributed by atoms with Crippen molar-refractivity contribution >= 4 is 11.4 Å². The summed E-state index contributed by atoms with van der Waals surface area (Å²) in [6.07, 6.45) is 1.13. The van der Waals surface area contributed by atoms with Crippen molar-refractivity contribution in [2.75, 3.05) is 37.8 Å². The predicted octanol–water partition coefficient (Wildman–Crippen LogP) is 1.55. The van der Waals surface area contributed by atoms with Crippen LogP contribution >= 0.6 is 0 Å². The molecule has 1 aliphatic heterocycles. The molecule has 0 aliphatic carbocycles. The molecule has 1 fully saturated rings. The third-order valence-electron chi connectivity index (χ3n) is 3.28. The van der Waals surface area contributed by atoms with E-state index >= 15 is 0 Å². The number of nitrogens with two attached hydrogens (primary N) is 1. The summed E-state index contributed by atoms with van der Waals surface area (Å²) >= 11 is 0. The Labute approximate surface area is 95.6 Å². The summed E-state index contributed by atoms with van der Waals surface area (Å²) in [5, 5.41) is 0. The highest BCUT2D eigenvalue weighted by Crippen LogP contribution is 2.27. The number of hydrogen-bond acceptors (Lipinski definition) is 3. The minimum absolute atomic E-state index is 0.279. The monoisotopic (exact) mass is 223 g/mol. The fraction of sp³-hybridized carbons (Fsp3) is 0.500. The van der Waals surface area contributed by atoms with Crippen molar-refractivity contribution in [2.45, 2.75) is 12.5 Å². The van der Waals surface area contributed by atoms with E-state index in [0.717, 1.165) is 25.2 Å². The van der Waals surface area contributed by atoms with Crippen LogP contribution in [0, 0.1) is 5.82 Å². The summed E-state index contributed by atoms with van der Waals surface area (Å²) in [6.45, 7) is 2.14. The first kappa shape index (κ1) is 11.2. The van der Waals surface area contributed by atoms with Gasteiger partial charge in [0.1, 0.15) is 5.82 Å². The van der Waals surface area contributed by atoms with E-state index in [1.165, 1.54) is 12.1 Å². The molecule has 1 heterocycles. The molecule has 1 aromatic rings. The number of likely N-dealkylation sites (N-methyl/N-ethyl adjacent to an activating group) is 2. The highest BCUT2D eigenvalue weighted by atomic mass is 19.1. The van der Waals surface area contributed by atoms with Gasteiger partial charge in [0.2, 0.25) is 0 Å². The minimum Gasteiger partial charge on any atom is -0.397 e. The number of halogens is 1. The Kier molecular flexibility index (Phi) is 3.01. The standard InChI is InChI=1S/C12H18FN3/c1-15-6-5-10(8-15)16(2)12-4-3-9(13)7-11(12)14/h3-4,7,10H,5-6,8,14H2,1-2H3. The van der Waals surface area contributed by atoms with E-state index in [0.29, 0.717) is 11.7 Å². The topological polar surface area (TPSA) is 32.5 Å². The van der Waals surface area contributed by atoms with Gasteiger partial charge in [-0.15, -0.1) is 0 Å². The van der Waals surface area contributed by atoms with Gasteiger partial charge in [0.15, 0.2) is 0 Å². The molecule has 0 spiro atoms. The molecule has 0 saturated carbocycles. The Morgan fingerprint density at radius 2 is 2.25 bits per heavy atom. The number of nitrogens with zero attached hydrogens (tertiary/aromatic N) is 2. The van der Waals surface area contributed by atoms with Crippen LogP contribution in [0.15, 0.2) is 18.2 Å². The van der Waals surface area contributed by atoms with Crippen LogP contribution in [0.25, 0.3) is 0 Å².